The Bertz CT molecular complexity index is 3130. The van der Waals surface area contributed by atoms with Crippen molar-refractivity contribution in [1.29, 1.82) is 0 Å². The normalized spacial score (nSPS) is 32.6. The molecule has 11 saturated heterocycles. The van der Waals surface area contributed by atoms with E-state index in [-0.39, 0.29) is 25.0 Å². The van der Waals surface area contributed by atoms with Gasteiger partial charge in [-0.1, -0.05) is 193 Å². The SMILES string of the molecule is CC(C)C1CC[C@@H](C(C)C)N1C(C)C.CC(C)[C@@H]1C(C)CCN1C(C)C.CC(C)[C@@H]1C2CC2CN1C(C)C.CC(C)[C@@H]1CC(C(F)(F)F)CN1C(C)C.CC(C)[C@@H]1CC2CC2N1C(C)C.CC(C)[C@@H]1CC2CCCC2N1C(C)C.CC(C)[C@@H]1CCCN1C(C)C.CC(C)[C@@H]1CCN(C)N1C(C)C.CCCC1CC[C@@H](C(C)C)N1C(C)C.COCC1CC[C@@H](C(C)C)N1C(C)C.COCC1C[C@@H](C(C)C)N(C(C)C)C1C. The smallest absolute Gasteiger partial charge is 0.384 e. The maximum atomic E-state index is 12.6. The number of hydrogen-bond donors (Lipinski definition) is 0. The molecule has 11 aliphatic heterocycles. The number of halogens is 3. The van der Waals surface area contributed by atoms with E-state index in [2.05, 4.69) is 373 Å². The minimum absolute atomic E-state index is 0.0802. The predicted molar refractivity (Wildman–Crippen MR) is 629 cm³/mol. The van der Waals surface area contributed by atoms with E-state index in [1.807, 2.05) is 39.7 Å². The van der Waals surface area contributed by atoms with Gasteiger partial charge in [-0.05, 0) is 401 Å². The number of nitrogens with zero attached hydrogens (tertiary/aromatic N) is 12. The van der Waals surface area contributed by atoms with Crippen LogP contribution in [-0.4, -0.2) is 302 Å². The van der Waals surface area contributed by atoms with Crippen molar-refractivity contribution >= 4 is 0 Å². The van der Waals surface area contributed by atoms with Crippen LogP contribution in [0.25, 0.3) is 0 Å². The van der Waals surface area contributed by atoms with E-state index in [1.165, 1.54) is 155 Å². The molecule has 14 aliphatic rings. The van der Waals surface area contributed by atoms with Crippen molar-refractivity contribution in [3.05, 3.63) is 0 Å². The van der Waals surface area contributed by atoms with Gasteiger partial charge in [0.2, 0.25) is 0 Å². The molecule has 13 unspecified atom stereocenters. The number of hydrogen-bond acceptors (Lipinski definition) is 14. The van der Waals surface area contributed by atoms with E-state index in [4.69, 9.17) is 9.47 Å². The lowest BCUT2D eigenvalue weighted by molar-refractivity contribution is -0.171. The Morgan fingerprint density at radius 3 is 1.04 bits per heavy atom. The molecule has 0 spiro atoms. The molecule has 145 heavy (non-hydrogen) atoms. The standard InChI is InChI=1S/C13H27NO.C13H25N.2C13H27N.C12H25NO.C11H20F3N.2C11H21N.C11H23N.C10H22N2.C10H21N/c1-9(2)13-7-12(8-15-6)11(5)14(13)10(3)4;1-9(2)13-8-11-6-5-7-12(11)14(13)10(3)4;1-9(2)12-7-8-13(10(3)4)14(12)11(5)6;1-6-7-12-8-9-13(10(2)3)14(12)11(4)5;1-9(2)12-7-6-11(8-14-5)13(12)10(3)4;1-7(2)10-5-9(11(12,13)14)6-15(10)8(3)4;1-7(2)11-10-5-9(10)6-12(11)8(3)4;1-7(2)10-5-9-6-11(9)12(10)8(3)4;1-8(2)11-10(5)6-7-12(11)9(3)4;1-8(2)10-6-7-11(5)12(10)9(3)4;1-8(2)10-6-5-7-11(10)9(3)4/h9-13H,7-8H2,1-6H3;9-13H,5-8H2,1-4H3;9-13H,7-8H2,1-6H3;10-13H,6-9H2,1-5H3;9-12H,6-8H2,1-5H3;7-10H,5-6H2,1-4H3;2*7-11H,5-6H2,1-4H3;8-11H,6-7H2,1-5H3;8-10H,6-7H2,1-5H3;8-10H,5-7H2,1-4H3/t2*11?,12?,13-;12-,13?;12?,13-;11?,12-;9?,10-;9?,10?,11-;9?,10-,11?;10?,11-;2*10-/m00000010100/s1. The topological polar surface area (TPSA) is 57.3 Å². The van der Waals surface area contributed by atoms with Gasteiger partial charge in [-0.2, -0.15) is 13.2 Å². The summed E-state index contributed by atoms with van der Waals surface area (Å²) in [5.74, 6) is 13.9. The number of ether oxygens (including phenoxy) is 2. The zero-order valence-corrected chi connectivity index (χ0v) is 107. The third-order valence-electron chi connectivity index (χ3n) is 37.8. The van der Waals surface area contributed by atoms with Gasteiger partial charge in [-0.3, -0.25) is 49.0 Å². The van der Waals surface area contributed by atoms with Crippen LogP contribution in [-0.2, 0) is 9.47 Å². The Morgan fingerprint density at radius 2 is 0.690 bits per heavy atom. The first-order chi connectivity index (χ1) is 67.3. The molecule has 11 heterocycles. The van der Waals surface area contributed by atoms with Crippen molar-refractivity contribution in [2.75, 3.05) is 67.2 Å². The van der Waals surface area contributed by atoms with Crippen LogP contribution in [0.5, 0.6) is 0 Å². The van der Waals surface area contributed by atoms with Crippen LogP contribution < -0.4 is 0 Å². The lowest BCUT2D eigenvalue weighted by atomic mass is 9.92. The van der Waals surface area contributed by atoms with Gasteiger partial charge in [0.1, 0.15) is 0 Å². The molecule has 3 saturated carbocycles. The molecule has 0 aromatic rings. The van der Waals surface area contributed by atoms with Crippen LogP contribution in [0.3, 0.4) is 0 Å². The highest BCUT2D eigenvalue weighted by molar-refractivity contribution is 5.09. The first-order valence-corrected chi connectivity index (χ1v) is 62.6. The molecule has 0 amide bonds. The maximum absolute atomic E-state index is 12.6. The molecule has 14 nitrogen and oxygen atoms in total. The average molecular weight is 2060 g/mol. The van der Waals surface area contributed by atoms with Crippen molar-refractivity contribution in [2.24, 2.45) is 112 Å². The van der Waals surface area contributed by atoms with Gasteiger partial charge in [0.15, 0.2) is 0 Å². The van der Waals surface area contributed by atoms with Crippen LogP contribution >= 0.6 is 0 Å². The van der Waals surface area contributed by atoms with E-state index in [9.17, 15) is 13.2 Å². The zero-order chi connectivity index (χ0) is 111. The Kier molecular flexibility index (Phi) is 60.6. The fraction of sp³-hybridized carbons (Fsp3) is 1.00. The van der Waals surface area contributed by atoms with E-state index < -0.39 is 12.1 Å². The molecular formula is C128H259F3N12O2. The van der Waals surface area contributed by atoms with Crippen LogP contribution in [0.2, 0.25) is 0 Å². The summed E-state index contributed by atoms with van der Waals surface area (Å²) in [6.07, 6.45) is 24.5. The molecule has 24 atom stereocenters. The first kappa shape index (κ1) is 136. The Labute approximate surface area is 905 Å². The highest BCUT2D eigenvalue weighted by Gasteiger charge is 2.56. The summed E-state index contributed by atoms with van der Waals surface area (Å²) in [7, 11) is 5.82. The summed E-state index contributed by atoms with van der Waals surface area (Å²) in [5.41, 5.74) is 0. The molecule has 17 heteroatoms. The van der Waals surface area contributed by atoms with Crippen LogP contribution in [0, 0.1) is 112 Å². The number of methoxy groups -OCH3 is 2. The fourth-order valence-electron chi connectivity index (χ4n) is 30.9. The molecule has 14 rings (SSSR count). The molecule has 0 N–H and O–H groups in total. The molecule has 0 radical (unpaired) electrons. The summed E-state index contributed by atoms with van der Waals surface area (Å²) in [6, 6.07) is 20.5. The van der Waals surface area contributed by atoms with E-state index in [1.54, 1.807) is 7.11 Å². The highest BCUT2D eigenvalue weighted by atomic mass is 19.4. The number of likely N-dealkylation sites (tertiary alicyclic amines) is 10. The fourth-order valence-corrected chi connectivity index (χ4v) is 30.9. The van der Waals surface area contributed by atoms with E-state index in [0.717, 1.165) is 229 Å². The van der Waals surface area contributed by atoms with Crippen LogP contribution in [0.15, 0.2) is 0 Å². The van der Waals surface area contributed by atoms with Crippen molar-refractivity contribution in [2.45, 2.75) is 649 Å². The second kappa shape index (κ2) is 64.3. The van der Waals surface area contributed by atoms with E-state index >= 15 is 0 Å². The highest BCUT2D eigenvalue weighted by Crippen LogP contribution is 2.54. The summed E-state index contributed by atoms with van der Waals surface area (Å²) < 4.78 is 48.4. The second-order valence-electron chi connectivity index (χ2n) is 56.5. The zero-order valence-electron chi connectivity index (χ0n) is 107. The summed E-state index contributed by atoms with van der Waals surface area (Å²) in [4.78, 5) is 26.4. The number of piperidine rings is 2. The van der Waals surface area contributed by atoms with Gasteiger partial charge in [0.25, 0.3) is 0 Å². The molecule has 0 bridgehead atoms. The summed E-state index contributed by atoms with van der Waals surface area (Å²) in [6.45, 7) is 120. The predicted octanol–water partition coefficient (Wildman–Crippen LogP) is 31.3. The molecule has 3 aliphatic carbocycles. The quantitative estimate of drug-likeness (QED) is 0.0714. The third-order valence-corrected chi connectivity index (χ3v) is 37.8. The number of fused-ring (bicyclic) bond motifs is 3. The molecule has 14 fully saturated rings. The van der Waals surface area contributed by atoms with Gasteiger partial charge in [-0.15, -0.1) is 0 Å². The lowest BCUT2D eigenvalue weighted by Crippen LogP contribution is -2.45. The maximum Gasteiger partial charge on any atom is 0.393 e. The Hall–Kier alpha value is -0.770. The number of hydrazine groups is 1. The summed E-state index contributed by atoms with van der Waals surface area (Å²) >= 11 is 0. The number of rotatable bonds is 29. The third kappa shape index (κ3) is 40.0. The average Bonchev–Trinajstić information content (AvgIpc) is 1.59. The Balaban J connectivity index is 0.000000333. The minimum atomic E-state index is -4.03. The Morgan fingerprint density at radius 1 is 0.283 bits per heavy atom. The molecular weight excluding hydrogens is 1790 g/mol. The van der Waals surface area contributed by atoms with Gasteiger partial charge >= 0.3 is 6.18 Å². The van der Waals surface area contributed by atoms with Crippen molar-refractivity contribution in [1.82, 2.24) is 59.0 Å². The molecule has 0 aromatic heterocycles. The monoisotopic (exact) mass is 2050 g/mol. The minimum Gasteiger partial charge on any atom is -0.384 e. The van der Waals surface area contributed by atoms with Crippen LogP contribution in [0.4, 0.5) is 13.2 Å². The first-order valence-electron chi connectivity index (χ1n) is 62.6. The summed E-state index contributed by atoms with van der Waals surface area (Å²) in [5, 5.41) is 4.89. The lowest BCUT2D eigenvalue weighted by Gasteiger charge is -2.37. The van der Waals surface area contributed by atoms with Gasteiger partial charge in [0.05, 0.1) is 19.1 Å². The molecule has 864 valence electrons. The van der Waals surface area contributed by atoms with Crippen molar-refractivity contribution in [3.8, 4) is 0 Å². The van der Waals surface area contributed by atoms with Crippen LogP contribution in [0.1, 0.15) is 474 Å². The van der Waals surface area contributed by atoms with Gasteiger partial charge in [0, 0.05) is 210 Å². The second-order valence-corrected chi connectivity index (χ2v) is 56.5. The van der Waals surface area contributed by atoms with Crippen molar-refractivity contribution in [3.63, 3.8) is 0 Å². The van der Waals surface area contributed by atoms with Crippen molar-refractivity contribution < 1.29 is 22.6 Å². The van der Waals surface area contributed by atoms with E-state index in [0.29, 0.717) is 48.1 Å². The van der Waals surface area contributed by atoms with Gasteiger partial charge < -0.3 is 9.47 Å². The largest absolute Gasteiger partial charge is 0.393 e. The molecule has 0 aromatic carbocycles. The number of alkyl halides is 3. The van der Waals surface area contributed by atoms with Gasteiger partial charge in [-0.25, -0.2) is 10.0 Å².